The van der Waals surface area contributed by atoms with Crippen LogP contribution in [0.2, 0.25) is 0 Å². The summed E-state index contributed by atoms with van der Waals surface area (Å²) in [6.07, 6.45) is 5.64. The minimum absolute atomic E-state index is 1.08. The van der Waals surface area contributed by atoms with Crippen LogP contribution in [-0.4, -0.2) is 38.1 Å². The Morgan fingerprint density at radius 1 is 1.23 bits per heavy atom. The van der Waals surface area contributed by atoms with Crippen LogP contribution >= 0.6 is 0 Å². The van der Waals surface area contributed by atoms with Crippen molar-refractivity contribution in [2.45, 2.75) is 32.6 Å². The molecule has 1 aliphatic rings. The summed E-state index contributed by atoms with van der Waals surface area (Å²) in [6, 6.07) is 0. The van der Waals surface area contributed by atoms with E-state index in [1.54, 1.807) is 0 Å². The van der Waals surface area contributed by atoms with E-state index >= 15 is 0 Å². The number of hydrogen-bond acceptors (Lipinski definition) is 2. The van der Waals surface area contributed by atoms with Crippen molar-refractivity contribution < 1.29 is 0 Å². The van der Waals surface area contributed by atoms with Crippen LogP contribution in [0.3, 0.4) is 0 Å². The Kier molecular flexibility index (Phi) is 5.40. The third-order valence-corrected chi connectivity index (χ3v) is 2.71. The molecule has 0 aromatic heterocycles. The highest BCUT2D eigenvalue weighted by molar-refractivity contribution is 4.74. The van der Waals surface area contributed by atoms with E-state index in [2.05, 4.69) is 24.2 Å². The largest absolute Gasteiger partial charge is 0.315 e. The number of rotatable bonds is 8. The maximum absolute atomic E-state index is 3.43. The van der Waals surface area contributed by atoms with E-state index < -0.39 is 0 Å². The highest BCUT2D eigenvalue weighted by Crippen LogP contribution is 2.32. The maximum Gasteiger partial charge on any atom is 0.0104 e. The quantitative estimate of drug-likeness (QED) is 0.578. The smallest absolute Gasteiger partial charge is 0.0104 e. The van der Waals surface area contributed by atoms with Crippen LogP contribution in [0.25, 0.3) is 0 Å². The van der Waals surface area contributed by atoms with Gasteiger partial charge in [0.15, 0.2) is 0 Å². The minimum Gasteiger partial charge on any atom is -0.315 e. The predicted molar refractivity (Wildman–Crippen MR) is 58.0 cm³/mol. The van der Waals surface area contributed by atoms with Crippen molar-refractivity contribution in [2.75, 3.05) is 33.2 Å². The lowest BCUT2D eigenvalue weighted by molar-refractivity contribution is 0.320. The Bertz CT molecular complexity index is 121. The van der Waals surface area contributed by atoms with E-state index in [0.29, 0.717) is 0 Å². The molecule has 2 nitrogen and oxygen atoms in total. The summed E-state index contributed by atoms with van der Waals surface area (Å²) in [6.45, 7) is 7.01. The molecule has 78 valence electrons. The molecule has 0 spiro atoms. The van der Waals surface area contributed by atoms with Gasteiger partial charge in [-0.1, -0.05) is 19.8 Å². The Hall–Kier alpha value is -0.0800. The Morgan fingerprint density at radius 3 is 2.62 bits per heavy atom. The molecule has 0 amide bonds. The molecule has 0 saturated heterocycles. The van der Waals surface area contributed by atoms with Crippen LogP contribution in [0.1, 0.15) is 32.6 Å². The van der Waals surface area contributed by atoms with Gasteiger partial charge in [0.05, 0.1) is 0 Å². The summed E-state index contributed by atoms with van der Waals surface area (Å²) in [5, 5.41) is 3.43. The molecule has 0 atom stereocenters. The first-order valence-corrected chi connectivity index (χ1v) is 5.72. The average molecular weight is 184 g/mol. The second-order valence-corrected chi connectivity index (χ2v) is 4.29. The van der Waals surface area contributed by atoms with Gasteiger partial charge >= 0.3 is 0 Å². The van der Waals surface area contributed by atoms with Crippen LogP contribution < -0.4 is 5.32 Å². The van der Waals surface area contributed by atoms with Crippen molar-refractivity contribution in [3.63, 3.8) is 0 Å². The second kappa shape index (κ2) is 6.39. The number of nitrogens with one attached hydrogen (secondary N) is 1. The van der Waals surface area contributed by atoms with Gasteiger partial charge in [0.1, 0.15) is 0 Å². The molecule has 0 aromatic rings. The first-order chi connectivity index (χ1) is 6.33. The van der Waals surface area contributed by atoms with E-state index in [1.807, 2.05) is 0 Å². The topological polar surface area (TPSA) is 15.3 Å². The lowest BCUT2D eigenvalue weighted by Crippen LogP contribution is -2.30. The van der Waals surface area contributed by atoms with Crippen LogP contribution in [0.15, 0.2) is 0 Å². The Balaban J connectivity index is 1.81. The summed E-state index contributed by atoms with van der Waals surface area (Å²) in [5.74, 6) is 1.08. The van der Waals surface area contributed by atoms with Gasteiger partial charge in [0.25, 0.3) is 0 Å². The molecule has 0 bridgehead atoms. The number of nitrogens with zero attached hydrogens (tertiary/aromatic N) is 1. The third kappa shape index (κ3) is 6.05. The highest BCUT2D eigenvalue weighted by atomic mass is 15.1. The fourth-order valence-electron chi connectivity index (χ4n) is 1.49. The SMILES string of the molecule is CCCNCCN(C)CCC1CC1. The molecule has 0 aliphatic heterocycles. The first kappa shape index (κ1) is 11.0. The molecular weight excluding hydrogens is 160 g/mol. The summed E-state index contributed by atoms with van der Waals surface area (Å²) in [4.78, 5) is 2.45. The van der Waals surface area contributed by atoms with Crippen LogP contribution in [0.5, 0.6) is 0 Å². The molecular formula is C11H24N2. The van der Waals surface area contributed by atoms with Gasteiger partial charge in [-0.3, -0.25) is 0 Å². The van der Waals surface area contributed by atoms with Crippen molar-refractivity contribution in [1.29, 1.82) is 0 Å². The fourth-order valence-corrected chi connectivity index (χ4v) is 1.49. The predicted octanol–water partition coefficient (Wildman–Crippen LogP) is 1.72. The Morgan fingerprint density at radius 2 is 2.00 bits per heavy atom. The molecule has 1 N–H and O–H groups in total. The van der Waals surface area contributed by atoms with Gasteiger partial charge in [0, 0.05) is 13.1 Å². The van der Waals surface area contributed by atoms with Crippen LogP contribution in [-0.2, 0) is 0 Å². The van der Waals surface area contributed by atoms with Crippen molar-refractivity contribution >= 4 is 0 Å². The monoisotopic (exact) mass is 184 g/mol. The van der Waals surface area contributed by atoms with E-state index in [4.69, 9.17) is 0 Å². The molecule has 0 heterocycles. The molecule has 1 saturated carbocycles. The van der Waals surface area contributed by atoms with Crippen molar-refractivity contribution in [1.82, 2.24) is 10.2 Å². The van der Waals surface area contributed by atoms with E-state index in [0.717, 1.165) is 19.0 Å². The summed E-state index contributed by atoms with van der Waals surface area (Å²) in [5.41, 5.74) is 0. The highest BCUT2D eigenvalue weighted by Gasteiger charge is 2.20. The normalized spacial score (nSPS) is 16.8. The van der Waals surface area contributed by atoms with Gasteiger partial charge in [-0.2, -0.15) is 0 Å². The molecule has 0 aromatic carbocycles. The maximum atomic E-state index is 3.43. The zero-order chi connectivity index (χ0) is 9.52. The van der Waals surface area contributed by atoms with Gasteiger partial charge in [0.2, 0.25) is 0 Å². The zero-order valence-electron chi connectivity index (χ0n) is 9.18. The molecule has 0 radical (unpaired) electrons. The summed E-state index contributed by atoms with van der Waals surface area (Å²) in [7, 11) is 2.23. The minimum atomic E-state index is 1.08. The van der Waals surface area contributed by atoms with Crippen LogP contribution in [0, 0.1) is 5.92 Å². The van der Waals surface area contributed by atoms with Gasteiger partial charge < -0.3 is 10.2 Å². The van der Waals surface area contributed by atoms with Crippen molar-refractivity contribution in [2.24, 2.45) is 5.92 Å². The first-order valence-electron chi connectivity index (χ1n) is 5.72. The summed E-state index contributed by atoms with van der Waals surface area (Å²) < 4.78 is 0. The van der Waals surface area contributed by atoms with E-state index in [9.17, 15) is 0 Å². The molecule has 1 rings (SSSR count). The average Bonchev–Trinajstić information content (AvgIpc) is 2.92. The Labute approximate surface area is 82.7 Å². The van der Waals surface area contributed by atoms with Crippen LogP contribution in [0.4, 0.5) is 0 Å². The van der Waals surface area contributed by atoms with E-state index in [-0.39, 0.29) is 0 Å². The number of likely N-dealkylation sites (N-methyl/N-ethyl adjacent to an activating group) is 1. The second-order valence-electron chi connectivity index (χ2n) is 4.29. The van der Waals surface area contributed by atoms with Crippen molar-refractivity contribution in [3.8, 4) is 0 Å². The lowest BCUT2D eigenvalue weighted by atomic mass is 10.3. The standard InChI is InChI=1S/C11H24N2/c1-3-7-12-8-10-13(2)9-6-11-4-5-11/h11-12H,3-10H2,1-2H3. The molecule has 1 aliphatic carbocycles. The molecule has 0 unspecified atom stereocenters. The third-order valence-electron chi connectivity index (χ3n) is 2.71. The molecule has 13 heavy (non-hydrogen) atoms. The van der Waals surface area contributed by atoms with Gasteiger partial charge in [-0.05, 0) is 38.9 Å². The van der Waals surface area contributed by atoms with Crippen molar-refractivity contribution in [3.05, 3.63) is 0 Å². The molecule has 2 heteroatoms. The number of hydrogen-bond donors (Lipinski definition) is 1. The lowest BCUT2D eigenvalue weighted by Gasteiger charge is -2.16. The van der Waals surface area contributed by atoms with E-state index in [1.165, 1.54) is 38.8 Å². The fraction of sp³-hybridized carbons (Fsp3) is 1.00. The van der Waals surface area contributed by atoms with Gasteiger partial charge in [-0.15, -0.1) is 0 Å². The summed E-state index contributed by atoms with van der Waals surface area (Å²) >= 11 is 0. The zero-order valence-corrected chi connectivity index (χ0v) is 9.18. The van der Waals surface area contributed by atoms with Gasteiger partial charge in [-0.25, -0.2) is 0 Å². The molecule has 1 fully saturated rings.